The maximum absolute atomic E-state index is 13.5. The summed E-state index contributed by atoms with van der Waals surface area (Å²) in [5.41, 5.74) is 8.30. The molecule has 4 unspecified atom stereocenters. The number of rotatable bonds is 3. The third kappa shape index (κ3) is 1.92. The molecule has 4 rings (SSSR count). The lowest BCUT2D eigenvalue weighted by Gasteiger charge is -2.28. The summed E-state index contributed by atoms with van der Waals surface area (Å²) in [4.78, 5) is 4.79. The summed E-state index contributed by atoms with van der Waals surface area (Å²) >= 11 is 0. The van der Waals surface area contributed by atoms with Gasteiger partial charge in [0.1, 0.15) is 11.6 Å². The van der Waals surface area contributed by atoms with E-state index in [4.69, 9.17) is 10.7 Å². The Morgan fingerprint density at radius 2 is 2.14 bits per heavy atom. The minimum Gasteiger partial charge on any atom is -0.328 e. The molecule has 2 fully saturated rings. The van der Waals surface area contributed by atoms with Crippen molar-refractivity contribution >= 4 is 11.0 Å². The lowest BCUT2D eigenvalue weighted by Crippen LogP contribution is -2.35. The molecule has 21 heavy (non-hydrogen) atoms. The van der Waals surface area contributed by atoms with E-state index in [0.717, 1.165) is 29.8 Å². The van der Waals surface area contributed by atoms with Gasteiger partial charge in [-0.2, -0.15) is 0 Å². The highest BCUT2D eigenvalue weighted by molar-refractivity contribution is 5.76. The summed E-state index contributed by atoms with van der Waals surface area (Å²) in [6.45, 7) is 3.10. The van der Waals surface area contributed by atoms with Gasteiger partial charge in [0, 0.05) is 24.6 Å². The molecule has 4 heteroatoms. The highest BCUT2D eigenvalue weighted by Crippen LogP contribution is 2.52. The molecule has 2 aliphatic rings. The molecule has 0 aliphatic heterocycles. The minimum absolute atomic E-state index is 0.215. The molecule has 0 amide bonds. The quantitative estimate of drug-likeness (QED) is 0.940. The first-order chi connectivity index (χ1) is 10.2. The Kier molecular flexibility index (Phi) is 3.03. The van der Waals surface area contributed by atoms with E-state index in [1.54, 1.807) is 6.07 Å². The van der Waals surface area contributed by atoms with Crippen molar-refractivity contribution < 1.29 is 4.39 Å². The van der Waals surface area contributed by atoms with Gasteiger partial charge in [-0.25, -0.2) is 9.37 Å². The van der Waals surface area contributed by atoms with Crippen LogP contribution in [0.5, 0.6) is 0 Å². The molecule has 2 aromatic rings. The van der Waals surface area contributed by atoms with Crippen molar-refractivity contribution in [3.8, 4) is 0 Å². The van der Waals surface area contributed by atoms with Gasteiger partial charge in [0.05, 0.1) is 11.0 Å². The largest absolute Gasteiger partial charge is 0.328 e. The summed E-state index contributed by atoms with van der Waals surface area (Å²) in [5, 5.41) is 0. The van der Waals surface area contributed by atoms with Gasteiger partial charge in [-0.1, -0.05) is 6.92 Å². The Bertz CT molecular complexity index is 676. The highest BCUT2D eigenvalue weighted by atomic mass is 19.1. The number of nitrogens with two attached hydrogens (primary N) is 1. The molecule has 1 aromatic heterocycles. The lowest BCUT2D eigenvalue weighted by molar-refractivity contribution is 0.346. The van der Waals surface area contributed by atoms with Crippen molar-refractivity contribution in [1.29, 1.82) is 0 Å². The lowest BCUT2D eigenvalue weighted by atomic mass is 9.84. The predicted octanol–water partition coefficient (Wildman–Crippen LogP) is 3.43. The molecule has 1 heterocycles. The first-order valence-electron chi connectivity index (χ1n) is 8.10. The van der Waals surface area contributed by atoms with Crippen molar-refractivity contribution in [1.82, 2.24) is 9.55 Å². The molecule has 112 valence electrons. The summed E-state index contributed by atoms with van der Waals surface area (Å²) in [7, 11) is 0. The Morgan fingerprint density at radius 3 is 2.86 bits per heavy atom. The zero-order valence-electron chi connectivity index (χ0n) is 12.4. The van der Waals surface area contributed by atoms with Gasteiger partial charge in [-0.3, -0.25) is 0 Å². The second-order valence-corrected chi connectivity index (χ2v) is 6.69. The number of fused-ring (bicyclic) bond motifs is 3. The van der Waals surface area contributed by atoms with E-state index in [2.05, 4.69) is 11.5 Å². The number of halogens is 1. The summed E-state index contributed by atoms with van der Waals surface area (Å²) in [6.07, 6.45) is 4.83. The van der Waals surface area contributed by atoms with Crippen molar-refractivity contribution in [2.75, 3.05) is 0 Å². The van der Waals surface area contributed by atoms with Crippen molar-refractivity contribution in [3.63, 3.8) is 0 Å². The van der Waals surface area contributed by atoms with E-state index in [0.29, 0.717) is 17.8 Å². The van der Waals surface area contributed by atoms with Crippen LogP contribution in [0.15, 0.2) is 18.2 Å². The van der Waals surface area contributed by atoms with E-state index >= 15 is 0 Å². The average Bonchev–Trinajstić information content (AvgIpc) is 3.13. The number of nitrogens with zero attached hydrogens (tertiary/aromatic N) is 2. The predicted molar refractivity (Wildman–Crippen MR) is 81.5 cm³/mol. The highest BCUT2D eigenvalue weighted by Gasteiger charge is 2.48. The maximum atomic E-state index is 13.5. The second kappa shape index (κ2) is 4.80. The summed E-state index contributed by atoms with van der Waals surface area (Å²) < 4.78 is 15.8. The van der Waals surface area contributed by atoms with E-state index in [1.165, 1.54) is 25.3 Å². The second-order valence-electron chi connectivity index (χ2n) is 6.69. The van der Waals surface area contributed by atoms with Crippen LogP contribution in [-0.4, -0.2) is 15.6 Å². The van der Waals surface area contributed by atoms with Crippen LogP contribution in [0.3, 0.4) is 0 Å². The number of aryl methyl sites for hydroxylation is 1. The normalized spacial score (nSPS) is 31.4. The third-order valence-corrected chi connectivity index (χ3v) is 5.47. The van der Waals surface area contributed by atoms with Crippen LogP contribution in [0.2, 0.25) is 0 Å². The first-order valence-corrected chi connectivity index (χ1v) is 8.10. The zero-order valence-corrected chi connectivity index (χ0v) is 12.4. The van der Waals surface area contributed by atoms with Gasteiger partial charge in [0.25, 0.3) is 0 Å². The molecule has 2 bridgehead atoms. The monoisotopic (exact) mass is 287 g/mol. The number of benzene rings is 1. The van der Waals surface area contributed by atoms with Crippen molar-refractivity contribution in [2.45, 2.75) is 51.1 Å². The molecule has 3 nitrogen and oxygen atoms in total. The fourth-order valence-corrected chi connectivity index (χ4v) is 4.55. The van der Waals surface area contributed by atoms with Gasteiger partial charge < -0.3 is 10.3 Å². The van der Waals surface area contributed by atoms with Crippen LogP contribution in [-0.2, 0) is 6.54 Å². The number of imidazole rings is 1. The molecule has 0 saturated heterocycles. The van der Waals surface area contributed by atoms with Gasteiger partial charge in [-0.05, 0) is 49.7 Å². The smallest absolute Gasteiger partial charge is 0.125 e. The Balaban J connectivity index is 1.85. The van der Waals surface area contributed by atoms with Gasteiger partial charge in [0.15, 0.2) is 0 Å². The molecule has 2 N–H and O–H groups in total. The zero-order chi connectivity index (χ0) is 14.6. The standard InChI is InChI=1S/C17H22FN3/c1-2-7-21-14-6-5-12(18)9-13(14)20-17(21)15-10-3-4-11(8-10)16(15)19/h5-6,9-11,15-16H,2-4,7-8,19H2,1H3. The summed E-state index contributed by atoms with van der Waals surface area (Å²) in [5.74, 6) is 2.56. The third-order valence-electron chi connectivity index (χ3n) is 5.47. The van der Waals surface area contributed by atoms with E-state index in [1.807, 2.05) is 6.07 Å². The molecule has 2 aliphatic carbocycles. The first kappa shape index (κ1) is 13.3. The van der Waals surface area contributed by atoms with Crippen LogP contribution >= 0.6 is 0 Å². The topological polar surface area (TPSA) is 43.8 Å². The Hall–Kier alpha value is -1.42. The number of hydrogen-bond donors (Lipinski definition) is 1. The molecular formula is C17H22FN3. The van der Waals surface area contributed by atoms with E-state index in [9.17, 15) is 4.39 Å². The van der Waals surface area contributed by atoms with Crippen LogP contribution in [0.1, 0.15) is 44.3 Å². The molecule has 0 radical (unpaired) electrons. The van der Waals surface area contributed by atoms with Gasteiger partial charge >= 0.3 is 0 Å². The number of hydrogen-bond acceptors (Lipinski definition) is 2. The fraction of sp³-hybridized carbons (Fsp3) is 0.588. The van der Waals surface area contributed by atoms with Crippen LogP contribution in [0.25, 0.3) is 11.0 Å². The minimum atomic E-state index is -0.215. The summed E-state index contributed by atoms with van der Waals surface area (Å²) in [6, 6.07) is 5.15. The molecule has 0 spiro atoms. The van der Waals surface area contributed by atoms with Crippen LogP contribution in [0.4, 0.5) is 4.39 Å². The van der Waals surface area contributed by atoms with E-state index < -0.39 is 0 Å². The average molecular weight is 287 g/mol. The molecule has 2 saturated carbocycles. The van der Waals surface area contributed by atoms with Crippen LogP contribution < -0.4 is 5.73 Å². The fourth-order valence-electron chi connectivity index (χ4n) is 4.55. The van der Waals surface area contributed by atoms with E-state index in [-0.39, 0.29) is 11.9 Å². The molecule has 1 aromatic carbocycles. The molecular weight excluding hydrogens is 265 g/mol. The van der Waals surface area contributed by atoms with Crippen molar-refractivity contribution in [3.05, 3.63) is 29.8 Å². The van der Waals surface area contributed by atoms with Crippen molar-refractivity contribution in [2.24, 2.45) is 17.6 Å². The van der Waals surface area contributed by atoms with Crippen LogP contribution in [0, 0.1) is 17.7 Å². The number of aromatic nitrogens is 2. The Morgan fingerprint density at radius 1 is 1.33 bits per heavy atom. The van der Waals surface area contributed by atoms with Gasteiger partial charge in [-0.15, -0.1) is 0 Å². The molecule has 4 atom stereocenters. The SMILES string of the molecule is CCCn1c(C2C3CCC(C3)C2N)nc2cc(F)ccc21. The maximum Gasteiger partial charge on any atom is 0.125 e. The Labute approximate surface area is 124 Å². The van der Waals surface area contributed by atoms with Gasteiger partial charge in [0.2, 0.25) is 0 Å².